The van der Waals surface area contributed by atoms with Crippen LogP contribution in [0.5, 0.6) is 5.75 Å². The summed E-state index contributed by atoms with van der Waals surface area (Å²) in [6.07, 6.45) is 1.26. The molecule has 1 aromatic carbocycles. The Morgan fingerprint density at radius 3 is 2.77 bits per heavy atom. The second-order valence-electron chi connectivity index (χ2n) is 5.55. The van der Waals surface area contributed by atoms with Crippen LogP contribution in [0.1, 0.15) is 28.8 Å². The molecule has 0 radical (unpaired) electrons. The fourth-order valence-electron chi connectivity index (χ4n) is 2.18. The molecule has 4 heteroatoms. The number of benzene rings is 1. The largest absolute Gasteiger partial charge is 0.494 e. The van der Waals surface area contributed by atoms with E-state index in [0.29, 0.717) is 19.6 Å². The topological polar surface area (TPSA) is 29.5 Å². The predicted octanol–water partition coefficient (Wildman–Crippen LogP) is 4.18. The van der Waals surface area contributed by atoms with Crippen LogP contribution in [0.25, 0.3) is 0 Å². The molecule has 0 aliphatic carbocycles. The maximum atomic E-state index is 12.1. The van der Waals surface area contributed by atoms with E-state index < -0.39 is 0 Å². The molecule has 1 heterocycles. The maximum absolute atomic E-state index is 12.1. The number of ether oxygens (including phenoxy) is 1. The first kappa shape index (κ1) is 16.6. The average molecular weight is 317 g/mol. The third-order valence-electron chi connectivity index (χ3n) is 3.57. The molecule has 2 rings (SSSR count). The van der Waals surface area contributed by atoms with Crippen molar-refractivity contribution in [2.45, 2.75) is 33.2 Å². The van der Waals surface area contributed by atoms with Crippen molar-refractivity contribution < 1.29 is 9.53 Å². The minimum absolute atomic E-state index is 0.167. The van der Waals surface area contributed by atoms with E-state index in [-0.39, 0.29) is 5.91 Å². The molecule has 0 atom stereocenters. The summed E-state index contributed by atoms with van der Waals surface area (Å²) in [7, 11) is 1.86. The summed E-state index contributed by atoms with van der Waals surface area (Å²) in [5.41, 5.74) is 2.44. The second kappa shape index (κ2) is 7.99. The normalized spacial score (nSPS) is 10.5. The molecule has 3 nitrogen and oxygen atoms in total. The van der Waals surface area contributed by atoms with Gasteiger partial charge in [-0.05, 0) is 55.0 Å². The maximum Gasteiger partial charge on any atom is 0.222 e. The minimum Gasteiger partial charge on any atom is -0.494 e. The van der Waals surface area contributed by atoms with E-state index >= 15 is 0 Å². The lowest BCUT2D eigenvalue weighted by molar-refractivity contribution is -0.130. The highest BCUT2D eigenvalue weighted by molar-refractivity contribution is 7.10. The average Bonchev–Trinajstić information content (AvgIpc) is 2.88. The van der Waals surface area contributed by atoms with Gasteiger partial charge >= 0.3 is 0 Å². The van der Waals surface area contributed by atoms with Crippen LogP contribution in [0, 0.1) is 13.8 Å². The predicted molar refractivity (Wildman–Crippen MR) is 91.4 cm³/mol. The fourth-order valence-corrected chi connectivity index (χ4v) is 3.14. The zero-order chi connectivity index (χ0) is 15.9. The van der Waals surface area contributed by atoms with Crippen molar-refractivity contribution in [1.82, 2.24) is 4.90 Å². The Morgan fingerprint density at radius 2 is 2.09 bits per heavy atom. The quantitative estimate of drug-likeness (QED) is 0.717. The summed E-state index contributed by atoms with van der Waals surface area (Å²) in [5, 5.41) is 2.07. The minimum atomic E-state index is 0.167. The highest BCUT2D eigenvalue weighted by atomic mass is 32.1. The first-order valence-electron chi connectivity index (χ1n) is 7.52. The summed E-state index contributed by atoms with van der Waals surface area (Å²) >= 11 is 1.70. The van der Waals surface area contributed by atoms with Gasteiger partial charge in [-0.15, -0.1) is 11.3 Å². The van der Waals surface area contributed by atoms with Crippen LogP contribution in [-0.2, 0) is 11.3 Å². The van der Waals surface area contributed by atoms with Crippen molar-refractivity contribution in [3.63, 3.8) is 0 Å². The fraction of sp³-hybridized carbons (Fsp3) is 0.389. The van der Waals surface area contributed by atoms with Gasteiger partial charge in [0, 0.05) is 18.3 Å². The van der Waals surface area contributed by atoms with E-state index in [1.54, 1.807) is 16.2 Å². The van der Waals surface area contributed by atoms with Gasteiger partial charge in [-0.2, -0.15) is 0 Å². The third-order valence-corrected chi connectivity index (χ3v) is 4.58. The summed E-state index contributed by atoms with van der Waals surface area (Å²) in [6.45, 7) is 5.39. The standard InChI is InChI=1S/C18H23NO2S/c1-14-6-4-7-16(12-14)21-10-5-8-18(20)19(3)13-17-15(2)9-11-22-17/h4,6-7,9,11-12H,5,8,10,13H2,1-3H3. The van der Waals surface area contributed by atoms with Crippen molar-refractivity contribution >= 4 is 17.2 Å². The summed E-state index contributed by atoms with van der Waals surface area (Å²) < 4.78 is 5.67. The van der Waals surface area contributed by atoms with Gasteiger partial charge in [-0.25, -0.2) is 0 Å². The molecule has 1 aromatic heterocycles. The number of carbonyl (C=O) groups excluding carboxylic acids is 1. The first-order chi connectivity index (χ1) is 10.6. The number of rotatable bonds is 7. The van der Waals surface area contributed by atoms with E-state index in [4.69, 9.17) is 4.74 Å². The van der Waals surface area contributed by atoms with E-state index in [9.17, 15) is 4.79 Å². The highest BCUT2D eigenvalue weighted by Gasteiger charge is 2.11. The van der Waals surface area contributed by atoms with Crippen LogP contribution in [0.2, 0.25) is 0 Å². The van der Waals surface area contributed by atoms with Crippen molar-refractivity contribution in [1.29, 1.82) is 0 Å². The SMILES string of the molecule is Cc1cccc(OCCCC(=O)N(C)Cc2sccc2C)c1. The number of nitrogens with zero attached hydrogens (tertiary/aromatic N) is 1. The molecule has 0 fully saturated rings. The van der Waals surface area contributed by atoms with E-state index in [1.807, 2.05) is 38.2 Å². The Labute approximate surface area is 136 Å². The molecule has 0 aliphatic heterocycles. The summed E-state index contributed by atoms with van der Waals surface area (Å²) in [5.74, 6) is 1.04. The van der Waals surface area contributed by atoms with Gasteiger partial charge in [0.15, 0.2) is 0 Å². The Kier molecular flexibility index (Phi) is 6.01. The molecule has 118 valence electrons. The molecule has 2 aromatic rings. The van der Waals surface area contributed by atoms with Crippen molar-refractivity contribution in [2.75, 3.05) is 13.7 Å². The molecule has 0 spiro atoms. The highest BCUT2D eigenvalue weighted by Crippen LogP contribution is 2.18. The monoisotopic (exact) mass is 317 g/mol. The molecular weight excluding hydrogens is 294 g/mol. The van der Waals surface area contributed by atoms with Crippen LogP contribution >= 0.6 is 11.3 Å². The molecular formula is C18H23NO2S. The lowest BCUT2D eigenvalue weighted by Crippen LogP contribution is -2.26. The van der Waals surface area contributed by atoms with Gasteiger partial charge in [-0.1, -0.05) is 12.1 Å². The summed E-state index contributed by atoms with van der Waals surface area (Å²) in [4.78, 5) is 15.2. The number of amides is 1. The Hall–Kier alpha value is -1.81. The molecule has 0 saturated heterocycles. The number of carbonyl (C=O) groups is 1. The summed E-state index contributed by atoms with van der Waals surface area (Å²) in [6, 6.07) is 10.1. The zero-order valence-corrected chi connectivity index (χ0v) is 14.3. The van der Waals surface area contributed by atoms with Gasteiger partial charge in [-0.3, -0.25) is 4.79 Å². The molecule has 0 saturated carbocycles. The van der Waals surface area contributed by atoms with Crippen molar-refractivity contribution in [3.8, 4) is 5.75 Å². The third kappa shape index (κ3) is 4.88. The van der Waals surface area contributed by atoms with Gasteiger partial charge in [0.25, 0.3) is 0 Å². The van der Waals surface area contributed by atoms with Gasteiger partial charge in [0.2, 0.25) is 5.91 Å². The first-order valence-corrected chi connectivity index (χ1v) is 8.40. The molecule has 0 aliphatic rings. The van der Waals surface area contributed by atoms with Crippen LogP contribution in [0.4, 0.5) is 0 Å². The van der Waals surface area contributed by atoms with Gasteiger partial charge in [0.05, 0.1) is 13.2 Å². The Bertz CT molecular complexity index is 621. The van der Waals surface area contributed by atoms with Crippen LogP contribution in [0.15, 0.2) is 35.7 Å². The number of thiophene rings is 1. The Morgan fingerprint density at radius 1 is 1.27 bits per heavy atom. The lowest BCUT2D eigenvalue weighted by atomic mass is 10.2. The van der Waals surface area contributed by atoms with Crippen LogP contribution < -0.4 is 4.74 Å². The van der Waals surface area contributed by atoms with Crippen LogP contribution in [0.3, 0.4) is 0 Å². The van der Waals surface area contributed by atoms with E-state index in [1.165, 1.54) is 16.0 Å². The number of aryl methyl sites for hydroxylation is 2. The number of hydrogen-bond acceptors (Lipinski definition) is 3. The molecule has 22 heavy (non-hydrogen) atoms. The number of hydrogen-bond donors (Lipinski definition) is 0. The molecule has 1 amide bonds. The van der Waals surface area contributed by atoms with Crippen molar-refractivity contribution in [3.05, 3.63) is 51.7 Å². The van der Waals surface area contributed by atoms with E-state index in [0.717, 1.165) is 12.2 Å². The molecule has 0 N–H and O–H groups in total. The van der Waals surface area contributed by atoms with Crippen molar-refractivity contribution in [2.24, 2.45) is 0 Å². The smallest absolute Gasteiger partial charge is 0.222 e. The van der Waals surface area contributed by atoms with E-state index in [2.05, 4.69) is 18.4 Å². The van der Waals surface area contributed by atoms with Gasteiger partial charge in [0.1, 0.15) is 5.75 Å². The Balaban J connectivity index is 1.70. The second-order valence-corrected chi connectivity index (χ2v) is 6.55. The molecule has 0 unspecified atom stereocenters. The molecule has 0 bridgehead atoms. The zero-order valence-electron chi connectivity index (χ0n) is 13.5. The lowest BCUT2D eigenvalue weighted by Gasteiger charge is -2.17. The van der Waals surface area contributed by atoms with Gasteiger partial charge < -0.3 is 9.64 Å². The van der Waals surface area contributed by atoms with Crippen LogP contribution in [-0.4, -0.2) is 24.5 Å².